The minimum Gasteiger partial charge on any atom is -0.372 e. The lowest BCUT2D eigenvalue weighted by Gasteiger charge is -2.47. The van der Waals surface area contributed by atoms with Crippen molar-refractivity contribution in [3.63, 3.8) is 0 Å². The van der Waals surface area contributed by atoms with Gasteiger partial charge in [-0.2, -0.15) is 0 Å². The zero-order chi connectivity index (χ0) is 12.3. The molecule has 3 unspecified atom stereocenters. The molecule has 0 aromatic carbocycles. The van der Waals surface area contributed by atoms with Crippen LogP contribution in [0.4, 0.5) is 0 Å². The van der Waals surface area contributed by atoms with Crippen LogP contribution in [0.3, 0.4) is 0 Å². The fraction of sp³-hybridized carbons (Fsp3) is 1.00. The topological polar surface area (TPSA) is 38.5 Å². The summed E-state index contributed by atoms with van der Waals surface area (Å²) in [6.45, 7) is 7.55. The summed E-state index contributed by atoms with van der Waals surface area (Å²) >= 11 is 0. The van der Waals surface area contributed by atoms with Crippen molar-refractivity contribution in [1.29, 1.82) is 0 Å². The van der Waals surface area contributed by atoms with Crippen molar-refractivity contribution in [2.24, 2.45) is 5.73 Å². The molecule has 2 aliphatic rings. The first-order chi connectivity index (χ1) is 8.24. The van der Waals surface area contributed by atoms with Crippen molar-refractivity contribution in [1.82, 2.24) is 4.90 Å². The van der Waals surface area contributed by atoms with E-state index in [9.17, 15) is 0 Å². The molecule has 0 aromatic rings. The lowest BCUT2D eigenvalue weighted by Crippen LogP contribution is -2.59. The highest BCUT2D eigenvalue weighted by Gasteiger charge is 2.42. The van der Waals surface area contributed by atoms with Crippen molar-refractivity contribution in [2.75, 3.05) is 19.6 Å². The second kappa shape index (κ2) is 5.68. The third kappa shape index (κ3) is 2.67. The third-order valence-corrected chi connectivity index (χ3v) is 4.75. The van der Waals surface area contributed by atoms with E-state index >= 15 is 0 Å². The Kier molecular flexibility index (Phi) is 4.45. The molecule has 2 bridgehead atoms. The van der Waals surface area contributed by atoms with E-state index in [0.29, 0.717) is 12.2 Å². The summed E-state index contributed by atoms with van der Waals surface area (Å²) < 4.78 is 5.93. The Bertz CT molecular complexity index is 228. The van der Waals surface area contributed by atoms with Crippen molar-refractivity contribution in [2.45, 2.75) is 70.1 Å². The average Bonchev–Trinajstić information content (AvgIpc) is 2.70. The van der Waals surface area contributed by atoms with Crippen molar-refractivity contribution in [3.05, 3.63) is 0 Å². The van der Waals surface area contributed by atoms with Gasteiger partial charge in [-0.25, -0.2) is 0 Å². The van der Waals surface area contributed by atoms with Crippen LogP contribution in [0.2, 0.25) is 0 Å². The van der Waals surface area contributed by atoms with E-state index in [1.807, 2.05) is 0 Å². The van der Waals surface area contributed by atoms with Crippen LogP contribution in [0, 0.1) is 0 Å². The lowest BCUT2D eigenvalue weighted by molar-refractivity contribution is -0.0802. The van der Waals surface area contributed by atoms with Crippen LogP contribution in [0.1, 0.15) is 52.4 Å². The van der Waals surface area contributed by atoms with Crippen LogP contribution in [0.5, 0.6) is 0 Å². The first kappa shape index (κ1) is 13.3. The van der Waals surface area contributed by atoms with E-state index in [1.54, 1.807) is 0 Å². The number of hydrogen-bond donors (Lipinski definition) is 1. The summed E-state index contributed by atoms with van der Waals surface area (Å²) in [5, 5.41) is 0. The van der Waals surface area contributed by atoms with Gasteiger partial charge in [0.15, 0.2) is 0 Å². The van der Waals surface area contributed by atoms with Gasteiger partial charge >= 0.3 is 0 Å². The highest BCUT2D eigenvalue weighted by molar-refractivity contribution is 4.97. The molecule has 2 rings (SSSR count). The van der Waals surface area contributed by atoms with Gasteiger partial charge in [-0.15, -0.1) is 0 Å². The number of ether oxygens (including phenoxy) is 1. The Hall–Kier alpha value is -0.120. The molecule has 2 heterocycles. The lowest BCUT2D eigenvalue weighted by atomic mass is 9.87. The molecular weight excluding hydrogens is 212 g/mol. The van der Waals surface area contributed by atoms with Crippen LogP contribution in [0.15, 0.2) is 0 Å². The van der Waals surface area contributed by atoms with Gasteiger partial charge in [0, 0.05) is 25.2 Å². The molecule has 17 heavy (non-hydrogen) atoms. The number of unbranched alkanes of at least 4 members (excludes halogenated alkanes) is 1. The second-order valence-electron chi connectivity index (χ2n) is 5.75. The summed E-state index contributed by atoms with van der Waals surface area (Å²) in [5.41, 5.74) is 6.36. The zero-order valence-corrected chi connectivity index (χ0v) is 11.5. The van der Waals surface area contributed by atoms with Crippen LogP contribution in [-0.4, -0.2) is 42.3 Å². The Morgan fingerprint density at radius 1 is 1.24 bits per heavy atom. The molecule has 2 saturated heterocycles. The van der Waals surface area contributed by atoms with Gasteiger partial charge < -0.3 is 10.5 Å². The molecule has 2 aliphatic heterocycles. The highest BCUT2D eigenvalue weighted by atomic mass is 16.5. The number of rotatable bonds is 6. The van der Waals surface area contributed by atoms with E-state index < -0.39 is 0 Å². The molecule has 2 N–H and O–H groups in total. The number of hydrogen-bond acceptors (Lipinski definition) is 3. The van der Waals surface area contributed by atoms with Crippen molar-refractivity contribution in [3.8, 4) is 0 Å². The summed E-state index contributed by atoms with van der Waals surface area (Å²) in [7, 11) is 0. The first-order valence-electron chi connectivity index (χ1n) is 7.34. The normalized spacial score (nSPS) is 32.6. The van der Waals surface area contributed by atoms with Crippen LogP contribution >= 0.6 is 0 Å². The fourth-order valence-corrected chi connectivity index (χ4v) is 3.44. The van der Waals surface area contributed by atoms with E-state index in [1.165, 1.54) is 38.5 Å². The van der Waals surface area contributed by atoms with Crippen LogP contribution in [-0.2, 0) is 4.74 Å². The molecule has 3 nitrogen and oxygen atoms in total. The Labute approximate surface area is 106 Å². The van der Waals surface area contributed by atoms with E-state index in [4.69, 9.17) is 10.5 Å². The van der Waals surface area contributed by atoms with Gasteiger partial charge in [0.05, 0.1) is 12.2 Å². The van der Waals surface area contributed by atoms with Crippen molar-refractivity contribution >= 4 is 0 Å². The summed E-state index contributed by atoms with van der Waals surface area (Å²) in [6, 6.07) is 0. The van der Waals surface area contributed by atoms with Crippen LogP contribution < -0.4 is 5.73 Å². The minimum absolute atomic E-state index is 0.237. The molecule has 0 amide bonds. The number of likely N-dealkylation sites (tertiary alicyclic amines) is 1. The molecule has 3 atom stereocenters. The van der Waals surface area contributed by atoms with Gasteiger partial charge in [0.2, 0.25) is 0 Å². The number of nitrogens with zero attached hydrogens (tertiary/aromatic N) is 1. The maximum Gasteiger partial charge on any atom is 0.0707 e. The van der Waals surface area contributed by atoms with Crippen LogP contribution in [0.25, 0.3) is 0 Å². The molecule has 2 fully saturated rings. The molecule has 0 radical (unpaired) electrons. The zero-order valence-electron chi connectivity index (χ0n) is 11.5. The van der Waals surface area contributed by atoms with E-state index in [-0.39, 0.29) is 5.54 Å². The van der Waals surface area contributed by atoms with Gasteiger partial charge in [0.1, 0.15) is 0 Å². The monoisotopic (exact) mass is 240 g/mol. The average molecular weight is 240 g/mol. The van der Waals surface area contributed by atoms with E-state index in [0.717, 1.165) is 19.6 Å². The predicted molar refractivity (Wildman–Crippen MR) is 71.1 cm³/mol. The highest BCUT2D eigenvalue weighted by Crippen LogP contribution is 2.34. The second-order valence-corrected chi connectivity index (χ2v) is 5.75. The number of fused-ring (bicyclic) bond motifs is 2. The molecular formula is C14H28N2O. The summed E-state index contributed by atoms with van der Waals surface area (Å²) in [6.07, 6.45) is 8.43. The molecule has 0 aliphatic carbocycles. The van der Waals surface area contributed by atoms with E-state index in [2.05, 4.69) is 18.7 Å². The molecule has 0 aromatic heterocycles. The summed E-state index contributed by atoms with van der Waals surface area (Å²) in [4.78, 5) is 2.65. The maximum atomic E-state index is 6.12. The first-order valence-corrected chi connectivity index (χ1v) is 7.34. The number of morpholine rings is 1. The van der Waals surface area contributed by atoms with Gasteiger partial charge in [-0.3, -0.25) is 4.90 Å². The SMILES string of the molecule is CCCCC(CC)(CN)N1CC2CCC(C1)O2. The minimum atomic E-state index is 0.237. The maximum absolute atomic E-state index is 6.12. The van der Waals surface area contributed by atoms with Gasteiger partial charge in [0.25, 0.3) is 0 Å². The molecule has 100 valence electrons. The molecule has 0 saturated carbocycles. The Morgan fingerprint density at radius 2 is 1.88 bits per heavy atom. The quantitative estimate of drug-likeness (QED) is 0.773. The molecule has 0 spiro atoms. The smallest absolute Gasteiger partial charge is 0.0707 e. The van der Waals surface area contributed by atoms with Gasteiger partial charge in [-0.05, 0) is 25.7 Å². The number of nitrogens with two attached hydrogens (primary N) is 1. The Balaban J connectivity index is 2.04. The third-order valence-electron chi connectivity index (χ3n) is 4.75. The van der Waals surface area contributed by atoms with Gasteiger partial charge in [-0.1, -0.05) is 26.7 Å². The largest absolute Gasteiger partial charge is 0.372 e. The predicted octanol–water partition coefficient (Wildman–Crippen LogP) is 2.15. The standard InChI is InChI=1S/C14H28N2O/c1-3-5-8-14(4-2,11-15)16-9-12-6-7-13(10-16)17-12/h12-13H,3-11,15H2,1-2H3. The van der Waals surface area contributed by atoms with Crippen molar-refractivity contribution < 1.29 is 4.74 Å². The molecule has 3 heteroatoms. The fourth-order valence-electron chi connectivity index (χ4n) is 3.44. The summed E-state index contributed by atoms with van der Waals surface area (Å²) in [5.74, 6) is 0. The Morgan fingerprint density at radius 3 is 2.35 bits per heavy atom.